The maximum absolute atomic E-state index is 12.7. The number of furan rings is 1. The second-order valence-electron chi connectivity index (χ2n) is 10.5. The van der Waals surface area contributed by atoms with E-state index in [9.17, 15) is 14.7 Å². The maximum atomic E-state index is 12.7. The van der Waals surface area contributed by atoms with Gasteiger partial charge in [-0.15, -0.1) is 0 Å². The second kappa shape index (κ2) is 9.63. The van der Waals surface area contributed by atoms with E-state index in [1.165, 1.54) is 25.8 Å². The van der Waals surface area contributed by atoms with Gasteiger partial charge in [-0.2, -0.15) is 0 Å². The predicted octanol–water partition coefficient (Wildman–Crippen LogP) is 3.67. The Labute approximate surface area is 206 Å². The molecule has 2 heterocycles. The van der Waals surface area contributed by atoms with E-state index in [0.717, 1.165) is 36.6 Å². The van der Waals surface area contributed by atoms with Gasteiger partial charge in [0.15, 0.2) is 0 Å². The Balaban J connectivity index is 1.39. The van der Waals surface area contributed by atoms with Gasteiger partial charge in [-0.25, -0.2) is 0 Å². The monoisotopic (exact) mass is 478 g/mol. The van der Waals surface area contributed by atoms with Gasteiger partial charge in [-0.3, -0.25) is 9.59 Å². The first-order valence-electron chi connectivity index (χ1n) is 12.6. The molecule has 1 saturated heterocycles. The molecule has 7 heteroatoms. The van der Waals surface area contributed by atoms with E-state index >= 15 is 0 Å². The number of amides is 1. The minimum absolute atomic E-state index is 0.0656. The zero-order chi connectivity index (χ0) is 24.5. The van der Waals surface area contributed by atoms with E-state index < -0.39 is 11.0 Å². The van der Waals surface area contributed by atoms with Crippen LogP contribution in [0.25, 0.3) is 6.08 Å². The highest BCUT2D eigenvalue weighted by molar-refractivity contribution is 5.91. The number of rotatable bonds is 7. The third kappa shape index (κ3) is 5.21. The van der Waals surface area contributed by atoms with Crippen LogP contribution in [-0.4, -0.2) is 53.2 Å². The lowest BCUT2D eigenvalue weighted by Crippen LogP contribution is -2.67. The van der Waals surface area contributed by atoms with Crippen LogP contribution in [0.5, 0.6) is 5.75 Å². The number of hydrogen-bond acceptors (Lipinski definition) is 6. The number of likely N-dealkylation sites (tertiary alicyclic amines) is 1. The van der Waals surface area contributed by atoms with Gasteiger partial charge in [0.2, 0.25) is 5.91 Å². The molecule has 1 aromatic carbocycles. The van der Waals surface area contributed by atoms with Crippen LogP contribution in [0.3, 0.4) is 0 Å². The number of esters is 1. The minimum atomic E-state index is -0.914. The van der Waals surface area contributed by atoms with Gasteiger partial charge in [-0.1, -0.05) is 12.1 Å². The molecule has 186 valence electrons. The minimum Gasteiger partial charge on any atom is -0.472 e. The smallest absolute Gasteiger partial charge is 0.308 e. The predicted molar refractivity (Wildman–Crippen MR) is 132 cm³/mol. The molecule has 3 fully saturated rings. The molecule has 0 bridgehead atoms. The molecular formula is C28H34N2O5. The number of benzene rings is 1. The van der Waals surface area contributed by atoms with Crippen LogP contribution in [0.1, 0.15) is 56.6 Å². The highest BCUT2D eigenvalue weighted by Gasteiger charge is 2.57. The van der Waals surface area contributed by atoms with E-state index in [1.54, 1.807) is 30.7 Å². The van der Waals surface area contributed by atoms with Crippen LogP contribution < -0.4 is 10.1 Å². The fraction of sp³-hybridized carbons (Fsp3) is 0.500. The van der Waals surface area contributed by atoms with Gasteiger partial charge < -0.3 is 24.5 Å². The van der Waals surface area contributed by atoms with Crippen molar-refractivity contribution >= 4 is 18.0 Å². The maximum Gasteiger partial charge on any atom is 0.308 e. The van der Waals surface area contributed by atoms with Crippen molar-refractivity contribution in [1.29, 1.82) is 0 Å². The standard InChI is InChI=1S/C28H34N2O5/c1-20(31)35-25-4-2-3-23(15-25)27-12-13-30(17-21-5-6-21)19-28(27,33)11-9-24(16-27)29-26(32)8-7-22-10-14-34-18-22/h2-4,7-8,10,14-15,18,21,24,33H,5-6,9,11-13,16-17,19H2,1H3,(H,29,32)/b8-7+/t24-,27+,28+/m1/s1. The van der Waals surface area contributed by atoms with Gasteiger partial charge in [0.05, 0.1) is 18.1 Å². The van der Waals surface area contributed by atoms with Crippen molar-refractivity contribution in [3.8, 4) is 5.75 Å². The molecular weight excluding hydrogens is 444 g/mol. The lowest BCUT2D eigenvalue weighted by atomic mass is 9.55. The summed E-state index contributed by atoms with van der Waals surface area (Å²) in [5.41, 5.74) is 0.356. The Morgan fingerprint density at radius 2 is 2.11 bits per heavy atom. The van der Waals surface area contributed by atoms with Crippen LogP contribution in [-0.2, 0) is 15.0 Å². The lowest BCUT2D eigenvalue weighted by molar-refractivity contribution is -0.133. The van der Waals surface area contributed by atoms with E-state index in [1.807, 2.05) is 18.2 Å². The van der Waals surface area contributed by atoms with Crippen LogP contribution in [0.2, 0.25) is 0 Å². The van der Waals surface area contributed by atoms with Gasteiger partial charge in [-0.05, 0) is 80.8 Å². The van der Waals surface area contributed by atoms with Gasteiger partial charge >= 0.3 is 5.97 Å². The summed E-state index contributed by atoms with van der Waals surface area (Å²) in [5, 5.41) is 15.3. The van der Waals surface area contributed by atoms with Crippen molar-refractivity contribution in [2.45, 2.75) is 62.5 Å². The third-order valence-electron chi connectivity index (χ3n) is 7.91. The number of aliphatic hydroxyl groups is 1. The molecule has 0 radical (unpaired) electrons. The van der Waals surface area contributed by atoms with E-state index in [0.29, 0.717) is 31.6 Å². The average molecular weight is 479 g/mol. The molecule has 35 heavy (non-hydrogen) atoms. The average Bonchev–Trinajstić information content (AvgIpc) is 3.47. The van der Waals surface area contributed by atoms with Crippen LogP contribution in [0.4, 0.5) is 0 Å². The summed E-state index contributed by atoms with van der Waals surface area (Å²) < 4.78 is 10.4. The highest BCUT2D eigenvalue weighted by Crippen LogP contribution is 2.52. The first kappa shape index (κ1) is 23.8. The summed E-state index contributed by atoms with van der Waals surface area (Å²) in [6.07, 6.45) is 11.7. The molecule has 0 unspecified atom stereocenters. The summed E-state index contributed by atoms with van der Waals surface area (Å²) >= 11 is 0. The van der Waals surface area contributed by atoms with Crippen LogP contribution in [0.15, 0.2) is 53.4 Å². The normalized spacial score (nSPS) is 29.0. The van der Waals surface area contributed by atoms with Crippen molar-refractivity contribution in [1.82, 2.24) is 10.2 Å². The van der Waals surface area contributed by atoms with Gasteiger partial charge in [0, 0.05) is 43.1 Å². The fourth-order valence-electron chi connectivity index (χ4n) is 6.02. The first-order chi connectivity index (χ1) is 16.8. The quantitative estimate of drug-likeness (QED) is 0.358. The zero-order valence-corrected chi connectivity index (χ0v) is 20.2. The third-order valence-corrected chi connectivity index (χ3v) is 7.91. The van der Waals surface area contributed by atoms with Gasteiger partial charge in [0.1, 0.15) is 5.75 Å². The molecule has 3 atom stereocenters. The summed E-state index contributed by atoms with van der Waals surface area (Å²) in [6, 6.07) is 9.30. The Hall–Kier alpha value is -2.90. The van der Waals surface area contributed by atoms with Gasteiger partial charge in [0.25, 0.3) is 0 Å². The molecule has 2 aromatic rings. The number of β-amino-alcohol motifs (C(OH)–C–C–N with tert-alkyl or cyclic N) is 1. The largest absolute Gasteiger partial charge is 0.472 e. The number of fused-ring (bicyclic) bond motifs is 1. The molecule has 1 aromatic heterocycles. The number of carbonyl (C=O) groups excluding carboxylic acids is 2. The van der Waals surface area contributed by atoms with E-state index in [4.69, 9.17) is 9.15 Å². The number of ether oxygens (including phenoxy) is 1. The van der Waals surface area contributed by atoms with Crippen molar-refractivity contribution in [3.05, 3.63) is 60.1 Å². The molecule has 1 amide bonds. The number of hydrogen-bond donors (Lipinski definition) is 2. The fourth-order valence-corrected chi connectivity index (χ4v) is 6.02. The Kier molecular flexibility index (Phi) is 6.55. The van der Waals surface area contributed by atoms with Crippen molar-refractivity contribution in [3.63, 3.8) is 0 Å². The van der Waals surface area contributed by atoms with E-state index in [-0.39, 0.29) is 17.9 Å². The number of piperidine rings is 1. The number of nitrogens with zero attached hydrogens (tertiary/aromatic N) is 1. The zero-order valence-electron chi connectivity index (χ0n) is 20.2. The molecule has 1 aliphatic heterocycles. The first-order valence-corrected chi connectivity index (χ1v) is 12.6. The Morgan fingerprint density at radius 3 is 2.86 bits per heavy atom. The van der Waals surface area contributed by atoms with Crippen molar-refractivity contribution < 1.29 is 23.8 Å². The molecule has 2 N–H and O–H groups in total. The Morgan fingerprint density at radius 1 is 1.26 bits per heavy atom. The van der Waals surface area contributed by atoms with Crippen LogP contribution in [0, 0.1) is 5.92 Å². The summed E-state index contributed by atoms with van der Waals surface area (Å²) in [6.45, 7) is 3.96. The van der Waals surface area contributed by atoms with Crippen molar-refractivity contribution in [2.24, 2.45) is 5.92 Å². The summed E-state index contributed by atoms with van der Waals surface area (Å²) in [7, 11) is 0. The molecule has 5 rings (SSSR count). The summed E-state index contributed by atoms with van der Waals surface area (Å²) in [5.74, 6) is 0.723. The number of carbonyl (C=O) groups is 2. The molecule has 0 spiro atoms. The molecule has 2 saturated carbocycles. The number of nitrogens with one attached hydrogen (secondary N) is 1. The molecule has 2 aliphatic carbocycles. The van der Waals surface area contributed by atoms with E-state index in [2.05, 4.69) is 10.2 Å². The SMILES string of the molecule is CC(=O)Oc1cccc([C@@]23CCN(CC4CC4)C[C@@]2(O)CC[C@@H](NC(=O)/C=C/c2ccoc2)C3)c1. The van der Waals surface area contributed by atoms with Crippen LogP contribution >= 0.6 is 0 Å². The summed E-state index contributed by atoms with van der Waals surface area (Å²) in [4.78, 5) is 26.7. The topological polar surface area (TPSA) is 92.0 Å². The van der Waals surface area contributed by atoms with Crippen molar-refractivity contribution in [2.75, 3.05) is 19.6 Å². The molecule has 3 aliphatic rings. The molecule has 7 nitrogen and oxygen atoms in total. The Bertz CT molecular complexity index is 1090. The second-order valence-corrected chi connectivity index (χ2v) is 10.5. The highest BCUT2D eigenvalue weighted by atomic mass is 16.5. The lowest BCUT2D eigenvalue weighted by Gasteiger charge is -2.58.